The van der Waals surface area contributed by atoms with Crippen molar-refractivity contribution in [1.82, 2.24) is 0 Å². The van der Waals surface area contributed by atoms with E-state index >= 15 is 0 Å². The first-order chi connectivity index (χ1) is 3.12. The molecular formula is C4H12N2O. The van der Waals surface area contributed by atoms with E-state index in [2.05, 4.69) is 0 Å². The molecule has 1 unspecified atom stereocenters. The molecule has 1 atom stereocenters. The second-order valence-electron chi connectivity index (χ2n) is 1.66. The number of rotatable bonds is 2. The second kappa shape index (κ2) is 2.26. The van der Waals surface area contributed by atoms with Crippen LogP contribution >= 0.6 is 0 Å². The number of hydrogen-bond acceptors (Lipinski definition) is 3. The van der Waals surface area contributed by atoms with E-state index in [-0.39, 0.29) is 6.54 Å². The molecule has 0 bridgehead atoms. The minimum atomic E-state index is -1.14. The lowest BCUT2D eigenvalue weighted by Crippen LogP contribution is -2.45. The Hall–Kier alpha value is -0.120. The summed E-state index contributed by atoms with van der Waals surface area (Å²) in [7, 11) is 0. The SMILES string of the molecule is CCC(N)(O)CN. The van der Waals surface area contributed by atoms with Gasteiger partial charge < -0.3 is 16.6 Å². The molecule has 44 valence electrons. The summed E-state index contributed by atoms with van der Waals surface area (Å²) in [4.78, 5) is 0. The van der Waals surface area contributed by atoms with Crippen LogP contribution < -0.4 is 11.5 Å². The molecule has 0 spiro atoms. The zero-order chi connectivity index (χ0) is 5.91. The molecule has 0 radical (unpaired) electrons. The third-order valence-electron chi connectivity index (χ3n) is 0.966. The molecule has 0 saturated carbocycles. The van der Waals surface area contributed by atoms with Crippen molar-refractivity contribution in [2.45, 2.75) is 19.1 Å². The molecule has 0 aliphatic heterocycles. The van der Waals surface area contributed by atoms with Crippen LogP contribution in [0.1, 0.15) is 13.3 Å². The van der Waals surface area contributed by atoms with Gasteiger partial charge >= 0.3 is 0 Å². The average molecular weight is 104 g/mol. The Morgan fingerprint density at radius 2 is 2.14 bits per heavy atom. The van der Waals surface area contributed by atoms with E-state index in [1.165, 1.54) is 0 Å². The van der Waals surface area contributed by atoms with Gasteiger partial charge in [0.2, 0.25) is 0 Å². The van der Waals surface area contributed by atoms with Crippen molar-refractivity contribution in [3.8, 4) is 0 Å². The fourth-order valence-electron chi connectivity index (χ4n) is 0.144. The Kier molecular flexibility index (Phi) is 2.22. The summed E-state index contributed by atoms with van der Waals surface area (Å²) in [6.07, 6.45) is 0.503. The standard InChI is InChI=1S/C4H12N2O/c1-2-4(6,7)3-5/h7H,2-3,5-6H2,1H3. The highest BCUT2D eigenvalue weighted by Crippen LogP contribution is 1.94. The monoisotopic (exact) mass is 104 g/mol. The van der Waals surface area contributed by atoms with Crippen LogP contribution in [0.5, 0.6) is 0 Å². The summed E-state index contributed by atoms with van der Waals surface area (Å²) in [5, 5.41) is 8.78. The minimum Gasteiger partial charge on any atom is -0.375 e. The van der Waals surface area contributed by atoms with Gasteiger partial charge in [-0.15, -0.1) is 0 Å². The van der Waals surface area contributed by atoms with Crippen molar-refractivity contribution in [3.63, 3.8) is 0 Å². The van der Waals surface area contributed by atoms with Crippen LogP contribution in [0.2, 0.25) is 0 Å². The van der Waals surface area contributed by atoms with E-state index in [9.17, 15) is 0 Å². The van der Waals surface area contributed by atoms with Gasteiger partial charge in [-0.3, -0.25) is 0 Å². The largest absolute Gasteiger partial charge is 0.375 e. The van der Waals surface area contributed by atoms with E-state index in [1.807, 2.05) is 0 Å². The molecule has 5 N–H and O–H groups in total. The Morgan fingerprint density at radius 1 is 1.71 bits per heavy atom. The molecule has 0 heterocycles. The quantitative estimate of drug-likeness (QED) is 0.393. The lowest BCUT2D eigenvalue weighted by molar-refractivity contribution is 0.0522. The van der Waals surface area contributed by atoms with Crippen LogP contribution in [0.15, 0.2) is 0 Å². The molecule has 0 fully saturated rings. The van der Waals surface area contributed by atoms with Crippen LogP contribution in [0.25, 0.3) is 0 Å². The molecule has 0 aliphatic rings. The highest BCUT2D eigenvalue weighted by molar-refractivity contribution is 4.67. The molecule has 3 nitrogen and oxygen atoms in total. The predicted molar refractivity (Wildman–Crippen MR) is 28.5 cm³/mol. The summed E-state index contributed by atoms with van der Waals surface area (Å²) in [5.74, 6) is 0. The Bertz CT molecular complexity index is 47.7. The van der Waals surface area contributed by atoms with Gasteiger partial charge in [-0.1, -0.05) is 6.92 Å². The summed E-state index contributed by atoms with van der Waals surface area (Å²) in [5.41, 5.74) is 9.05. The highest BCUT2D eigenvalue weighted by atomic mass is 16.3. The van der Waals surface area contributed by atoms with Crippen LogP contribution in [0.3, 0.4) is 0 Å². The highest BCUT2D eigenvalue weighted by Gasteiger charge is 2.13. The van der Waals surface area contributed by atoms with Crippen molar-refractivity contribution >= 4 is 0 Å². The summed E-state index contributed by atoms with van der Waals surface area (Å²) < 4.78 is 0. The average Bonchev–Trinajstić information content (AvgIpc) is 1.68. The van der Waals surface area contributed by atoms with E-state index in [4.69, 9.17) is 16.6 Å². The first-order valence-electron chi connectivity index (χ1n) is 2.33. The zero-order valence-corrected chi connectivity index (χ0v) is 4.52. The van der Waals surface area contributed by atoms with Gasteiger partial charge in [0.05, 0.1) is 0 Å². The number of aliphatic hydroxyl groups is 1. The summed E-state index contributed by atoms with van der Waals surface area (Å²) in [6.45, 7) is 1.91. The van der Waals surface area contributed by atoms with Crippen molar-refractivity contribution < 1.29 is 5.11 Å². The molecule has 0 aliphatic carbocycles. The van der Waals surface area contributed by atoms with Crippen molar-refractivity contribution in [2.75, 3.05) is 6.54 Å². The molecule has 0 aromatic rings. The van der Waals surface area contributed by atoms with Crippen LogP contribution in [0, 0.1) is 0 Å². The lowest BCUT2D eigenvalue weighted by Gasteiger charge is -2.17. The lowest BCUT2D eigenvalue weighted by atomic mass is 10.2. The van der Waals surface area contributed by atoms with Crippen LogP contribution in [-0.2, 0) is 0 Å². The summed E-state index contributed by atoms with van der Waals surface area (Å²) >= 11 is 0. The Labute approximate surface area is 43.3 Å². The minimum absolute atomic E-state index is 0.128. The van der Waals surface area contributed by atoms with E-state index < -0.39 is 5.72 Å². The van der Waals surface area contributed by atoms with Gasteiger partial charge in [-0.05, 0) is 6.42 Å². The fraction of sp³-hybridized carbons (Fsp3) is 1.00. The van der Waals surface area contributed by atoms with Gasteiger partial charge in [-0.25, -0.2) is 0 Å². The van der Waals surface area contributed by atoms with Gasteiger partial charge in [0.1, 0.15) is 5.72 Å². The first-order valence-corrected chi connectivity index (χ1v) is 2.33. The Balaban J connectivity index is 3.36. The van der Waals surface area contributed by atoms with Crippen molar-refractivity contribution in [2.24, 2.45) is 11.5 Å². The third-order valence-corrected chi connectivity index (χ3v) is 0.966. The molecule has 3 heteroatoms. The van der Waals surface area contributed by atoms with E-state index in [0.717, 1.165) is 0 Å². The molecule has 0 aromatic heterocycles. The molecule has 0 amide bonds. The molecule has 0 saturated heterocycles. The maximum atomic E-state index is 8.78. The van der Waals surface area contributed by atoms with E-state index in [0.29, 0.717) is 6.42 Å². The van der Waals surface area contributed by atoms with Crippen LogP contribution in [0.4, 0.5) is 0 Å². The molecular weight excluding hydrogens is 92.1 g/mol. The molecule has 0 aromatic carbocycles. The maximum Gasteiger partial charge on any atom is 0.125 e. The zero-order valence-electron chi connectivity index (χ0n) is 4.52. The number of nitrogens with two attached hydrogens (primary N) is 2. The molecule has 7 heavy (non-hydrogen) atoms. The second-order valence-corrected chi connectivity index (χ2v) is 1.66. The predicted octanol–water partition coefficient (Wildman–Crippen LogP) is -0.998. The summed E-state index contributed by atoms with van der Waals surface area (Å²) in [6, 6.07) is 0. The van der Waals surface area contributed by atoms with Gasteiger partial charge in [0.15, 0.2) is 0 Å². The van der Waals surface area contributed by atoms with Crippen LogP contribution in [-0.4, -0.2) is 17.4 Å². The smallest absolute Gasteiger partial charge is 0.125 e. The first kappa shape index (κ1) is 6.88. The van der Waals surface area contributed by atoms with Gasteiger partial charge in [0, 0.05) is 6.54 Å². The Morgan fingerprint density at radius 3 is 2.14 bits per heavy atom. The van der Waals surface area contributed by atoms with E-state index in [1.54, 1.807) is 6.92 Å². The number of hydrogen-bond donors (Lipinski definition) is 3. The van der Waals surface area contributed by atoms with Gasteiger partial charge in [0.25, 0.3) is 0 Å². The third kappa shape index (κ3) is 2.56. The normalized spacial score (nSPS) is 18.9. The maximum absolute atomic E-state index is 8.78. The van der Waals surface area contributed by atoms with Crippen molar-refractivity contribution in [3.05, 3.63) is 0 Å². The van der Waals surface area contributed by atoms with Crippen molar-refractivity contribution in [1.29, 1.82) is 0 Å². The van der Waals surface area contributed by atoms with Gasteiger partial charge in [-0.2, -0.15) is 0 Å². The topological polar surface area (TPSA) is 72.3 Å². The molecule has 0 rings (SSSR count). The fourth-order valence-corrected chi connectivity index (χ4v) is 0.144.